The molecule has 1 aliphatic carbocycles. The minimum absolute atomic E-state index is 0.0258. The molecule has 1 heterocycles. The Bertz CT molecular complexity index is 679. The van der Waals surface area contributed by atoms with Gasteiger partial charge in [-0.25, -0.2) is 0 Å². The smallest absolute Gasteiger partial charge is 0.251 e. The molecule has 0 aromatic heterocycles. The third kappa shape index (κ3) is 5.11. The number of hydrogen-bond donors (Lipinski definition) is 2. The van der Waals surface area contributed by atoms with E-state index in [0.29, 0.717) is 12.1 Å². The first-order chi connectivity index (χ1) is 13.5. The molecule has 2 amide bonds. The SMILES string of the molecule is Cc1cccc(C(=O)NC(C)C(=O)NCC2(N3CCOCC3)CCCCC2)c1. The lowest BCUT2D eigenvalue weighted by atomic mass is 9.79. The van der Waals surface area contributed by atoms with Crippen molar-refractivity contribution in [2.75, 3.05) is 32.8 Å². The second-order valence-electron chi connectivity index (χ2n) is 8.17. The Hall–Kier alpha value is -1.92. The summed E-state index contributed by atoms with van der Waals surface area (Å²) < 4.78 is 5.52. The summed E-state index contributed by atoms with van der Waals surface area (Å²) >= 11 is 0. The van der Waals surface area contributed by atoms with Crippen molar-refractivity contribution in [3.63, 3.8) is 0 Å². The topological polar surface area (TPSA) is 70.7 Å². The average molecular weight is 388 g/mol. The van der Waals surface area contributed by atoms with Gasteiger partial charge in [0.25, 0.3) is 5.91 Å². The van der Waals surface area contributed by atoms with Gasteiger partial charge in [0.1, 0.15) is 6.04 Å². The minimum atomic E-state index is -0.571. The molecule has 1 aliphatic heterocycles. The summed E-state index contributed by atoms with van der Waals surface area (Å²) in [5, 5.41) is 5.94. The Morgan fingerprint density at radius 1 is 1.18 bits per heavy atom. The lowest BCUT2D eigenvalue weighted by Crippen LogP contribution is -2.60. The molecule has 1 aromatic carbocycles. The first-order valence-electron chi connectivity index (χ1n) is 10.5. The average Bonchev–Trinajstić information content (AvgIpc) is 2.73. The normalized spacial score (nSPS) is 20.9. The van der Waals surface area contributed by atoms with Crippen LogP contribution in [-0.4, -0.2) is 61.1 Å². The van der Waals surface area contributed by atoms with Crippen LogP contribution in [0.1, 0.15) is 54.9 Å². The molecule has 0 radical (unpaired) electrons. The van der Waals surface area contributed by atoms with Gasteiger partial charge in [0.2, 0.25) is 5.91 Å². The highest BCUT2D eigenvalue weighted by Crippen LogP contribution is 2.33. The Kier molecular flexibility index (Phi) is 7.08. The molecular weight excluding hydrogens is 354 g/mol. The first-order valence-corrected chi connectivity index (χ1v) is 10.5. The number of carbonyl (C=O) groups is 2. The molecule has 1 atom stereocenters. The zero-order valence-electron chi connectivity index (χ0n) is 17.1. The van der Waals surface area contributed by atoms with Gasteiger partial charge in [0, 0.05) is 30.7 Å². The van der Waals surface area contributed by atoms with E-state index in [1.165, 1.54) is 19.3 Å². The van der Waals surface area contributed by atoms with Gasteiger partial charge in [-0.2, -0.15) is 0 Å². The van der Waals surface area contributed by atoms with E-state index >= 15 is 0 Å². The summed E-state index contributed by atoms with van der Waals surface area (Å²) in [5.74, 6) is -0.342. The number of hydrogen-bond acceptors (Lipinski definition) is 4. The summed E-state index contributed by atoms with van der Waals surface area (Å²) in [5.41, 5.74) is 1.63. The largest absolute Gasteiger partial charge is 0.379 e. The second-order valence-corrected chi connectivity index (χ2v) is 8.17. The Morgan fingerprint density at radius 2 is 1.89 bits per heavy atom. The van der Waals surface area contributed by atoms with Gasteiger partial charge in [-0.3, -0.25) is 14.5 Å². The Morgan fingerprint density at radius 3 is 2.57 bits per heavy atom. The highest BCUT2D eigenvalue weighted by Gasteiger charge is 2.39. The van der Waals surface area contributed by atoms with Gasteiger partial charge in [0.05, 0.1) is 13.2 Å². The number of ether oxygens (including phenoxy) is 1. The second kappa shape index (κ2) is 9.52. The fourth-order valence-electron chi connectivity index (χ4n) is 4.39. The predicted octanol–water partition coefficient (Wildman–Crippen LogP) is 2.26. The van der Waals surface area contributed by atoms with Gasteiger partial charge in [-0.05, 0) is 38.8 Å². The summed E-state index contributed by atoms with van der Waals surface area (Å²) in [7, 11) is 0. The zero-order chi connectivity index (χ0) is 20.0. The predicted molar refractivity (Wildman–Crippen MR) is 109 cm³/mol. The molecule has 154 valence electrons. The fraction of sp³-hybridized carbons (Fsp3) is 0.636. The summed E-state index contributed by atoms with van der Waals surface area (Å²) in [6, 6.07) is 6.82. The number of amides is 2. The Labute approximate surface area is 168 Å². The van der Waals surface area contributed by atoms with Crippen molar-refractivity contribution in [3.05, 3.63) is 35.4 Å². The molecule has 0 spiro atoms. The van der Waals surface area contributed by atoms with Crippen LogP contribution in [-0.2, 0) is 9.53 Å². The van der Waals surface area contributed by atoms with Crippen molar-refractivity contribution in [2.24, 2.45) is 0 Å². The van der Waals surface area contributed by atoms with Crippen molar-refractivity contribution >= 4 is 11.8 Å². The summed E-state index contributed by atoms with van der Waals surface area (Å²) in [6.45, 7) is 7.70. The molecule has 1 saturated heterocycles. The van der Waals surface area contributed by atoms with E-state index in [4.69, 9.17) is 4.74 Å². The van der Waals surface area contributed by atoms with Crippen molar-refractivity contribution in [3.8, 4) is 0 Å². The summed E-state index contributed by atoms with van der Waals surface area (Å²) in [6.07, 6.45) is 5.89. The quantitative estimate of drug-likeness (QED) is 0.786. The van der Waals surface area contributed by atoms with Gasteiger partial charge in [-0.1, -0.05) is 37.0 Å². The van der Waals surface area contributed by atoms with Crippen molar-refractivity contribution in [1.82, 2.24) is 15.5 Å². The van der Waals surface area contributed by atoms with Gasteiger partial charge in [0.15, 0.2) is 0 Å². The van der Waals surface area contributed by atoms with E-state index < -0.39 is 6.04 Å². The standard InChI is InChI=1S/C22H33N3O3/c1-17-7-6-8-19(15-17)21(27)24-18(2)20(26)23-16-22(9-4-3-5-10-22)25-11-13-28-14-12-25/h6-8,15,18H,3-5,9-14,16H2,1-2H3,(H,23,26)(H,24,27). The highest BCUT2D eigenvalue weighted by molar-refractivity contribution is 5.97. The number of aryl methyl sites for hydroxylation is 1. The van der Waals surface area contributed by atoms with Crippen LogP contribution in [0.4, 0.5) is 0 Å². The van der Waals surface area contributed by atoms with Crippen LogP contribution in [0, 0.1) is 6.92 Å². The lowest BCUT2D eigenvalue weighted by molar-refractivity contribution is -0.123. The van der Waals surface area contributed by atoms with Crippen molar-refractivity contribution < 1.29 is 14.3 Å². The number of benzene rings is 1. The first kappa shape index (κ1) is 20.8. The van der Waals surface area contributed by atoms with E-state index in [2.05, 4.69) is 15.5 Å². The van der Waals surface area contributed by atoms with Gasteiger partial charge in [-0.15, -0.1) is 0 Å². The van der Waals surface area contributed by atoms with Crippen molar-refractivity contribution in [1.29, 1.82) is 0 Å². The molecule has 1 aromatic rings. The lowest BCUT2D eigenvalue weighted by Gasteiger charge is -2.48. The molecule has 3 rings (SSSR count). The van der Waals surface area contributed by atoms with Crippen molar-refractivity contribution in [2.45, 2.75) is 57.5 Å². The number of rotatable bonds is 6. The number of nitrogens with one attached hydrogen (secondary N) is 2. The van der Waals surface area contributed by atoms with E-state index in [1.54, 1.807) is 13.0 Å². The Balaban J connectivity index is 1.56. The van der Waals surface area contributed by atoms with Crippen LogP contribution in [0.2, 0.25) is 0 Å². The van der Waals surface area contributed by atoms with E-state index in [1.807, 2.05) is 25.1 Å². The molecule has 2 fully saturated rings. The van der Waals surface area contributed by atoms with Gasteiger partial charge >= 0.3 is 0 Å². The van der Waals surface area contributed by atoms with E-state index in [-0.39, 0.29) is 17.4 Å². The van der Waals surface area contributed by atoms with Crippen LogP contribution in [0.15, 0.2) is 24.3 Å². The van der Waals surface area contributed by atoms with E-state index in [9.17, 15) is 9.59 Å². The summed E-state index contributed by atoms with van der Waals surface area (Å²) in [4.78, 5) is 27.6. The van der Waals surface area contributed by atoms with Crippen LogP contribution in [0.3, 0.4) is 0 Å². The monoisotopic (exact) mass is 387 g/mol. The van der Waals surface area contributed by atoms with Crippen LogP contribution in [0.5, 0.6) is 0 Å². The maximum Gasteiger partial charge on any atom is 0.251 e. The maximum atomic E-state index is 12.7. The molecule has 6 nitrogen and oxygen atoms in total. The van der Waals surface area contributed by atoms with Crippen LogP contribution in [0.25, 0.3) is 0 Å². The fourth-order valence-corrected chi connectivity index (χ4v) is 4.39. The number of carbonyl (C=O) groups excluding carboxylic acids is 2. The number of nitrogens with zero attached hydrogens (tertiary/aromatic N) is 1. The van der Waals surface area contributed by atoms with Crippen LogP contribution >= 0.6 is 0 Å². The maximum absolute atomic E-state index is 12.7. The molecule has 1 unspecified atom stereocenters. The van der Waals surface area contributed by atoms with E-state index in [0.717, 1.165) is 44.7 Å². The third-order valence-corrected chi connectivity index (χ3v) is 6.08. The molecule has 28 heavy (non-hydrogen) atoms. The molecule has 1 saturated carbocycles. The van der Waals surface area contributed by atoms with Crippen LogP contribution < -0.4 is 10.6 Å². The molecule has 0 bridgehead atoms. The number of morpholine rings is 1. The minimum Gasteiger partial charge on any atom is -0.379 e. The zero-order valence-corrected chi connectivity index (χ0v) is 17.1. The molecule has 2 aliphatic rings. The molecule has 2 N–H and O–H groups in total. The highest BCUT2D eigenvalue weighted by atomic mass is 16.5. The van der Waals surface area contributed by atoms with Gasteiger partial charge < -0.3 is 15.4 Å². The molecule has 6 heteroatoms. The molecular formula is C22H33N3O3. The third-order valence-electron chi connectivity index (χ3n) is 6.08.